The zero-order valence-electron chi connectivity index (χ0n) is 5.80. The van der Waals surface area contributed by atoms with Gasteiger partial charge in [0.15, 0.2) is 0 Å². The van der Waals surface area contributed by atoms with Crippen LogP contribution in [0.5, 0.6) is 0 Å². The molecule has 1 rings (SSSR count). The van der Waals surface area contributed by atoms with Crippen LogP contribution >= 0.6 is 22.0 Å². The van der Waals surface area contributed by atoms with Crippen LogP contribution in [-0.4, -0.2) is 8.42 Å². The summed E-state index contributed by atoms with van der Waals surface area (Å²) in [4.78, 5) is 0. The van der Waals surface area contributed by atoms with Gasteiger partial charge < -0.3 is 0 Å². The third-order valence-electron chi connectivity index (χ3n) is 1.14. The van der Waals surface area contributed by atoms with Crippen molar-refractivity contribution in [1.82, 2.24) is 0 Å². The number of thiophene rings is 1. The smallest absolute Gasteiger partial charge is 0.206 e. The van der Waals surface area contributed by atoms with Gasteiger partial charge in [-0.25, -0.2) is 8.42 Å². The van der Waals surface area contributed by atoms with E-state index in [2.05, 4.69) is 0 Å². The first kappa shape index (κ1) is 10.8. The van der Waals surface area contributed by atoms with E-state index in [1.807, 2.05) is 0 Å². The van der Waals surface area contributed by atoms with Gasteiger partial charge in [0.05, 0.1) is 5.56 Å². The second kappa shape index (κ2) is 3.14. The fourth-order valence-corrected chi connectivity index (χ4v) is 2.57. The molecule has 0 aliphatic rings. The van der Waals surface area contributed by atoms with E-state index in [1.165, 1.54) is 0 Å². The van der Waals surface area contributed by atoms with Gasteiger partial charge in [-0.3, -0.25) is 0 Å². The van der Waals surface area contributed by atoms with Crippen LogP contribution in [-0.2, 0) is 15.2 Å². The van der Waals surface area contributed by atoms with Crippen molar-refractivity contribution in [2.75, 3.05) is 0 Å². The van der Waals surface area contributed by atoms with E-state index in [0.29, 0.717) is 22.8 Å². The number of alkyl halides is 3. The molecule has 0 N–H and O–H groups in total. The summed E-state index contributed by atoms with van der Waals surface area (Å²) in [7, 11) is 0.786. The minimum Gasteiger partial charge on any atom is -0.206 e. The van der Waals surface area contributed by atoms with E-state index < -0.39 is 25.0 Å². The first-order valence-corrected chi connectivity index (χ1v) is 6.00. The number of hydrogen-bond donors (Lipinski definition) is 0. The van der Waals surface area contributed by atoms with Gasteiger partial charge in [0, 0.05) is 16.1 Å². The number of hydrogen-bond acceptors (Lipinski definition) is 3. The average Bonchev–Trinajstić information content (AvgIpc) is 2.28. The normalized spacial score (nSPS) is 13.2. The first-order valence-electron chi connectivity index (χ1n) is 2.81. The molecule has 0 radical (unpaired) electrons. The second-order valence-corrected chi connectivity index (χ2v) is 5.79. The molecule has 0 fully saturated rings. The van der Waals surface area contributed by atoms with Crippen LogP contribution in [0.25, 0.3) is 0 Å². The lowest BCUT2D eigenvalue weighted by molar-refractivity contribution is -0.137. The summed E-state index contributed by atoms with van der Waals surface area (Å²) in [5.74, 6) is 0. The predicted octanol–water partition coefficient (Wildman–Crippen LogP) is 2.69. The zero-order valence-corrected chi connectivity index (χ0v) is 8.19. The monoisotopic (exact) mass is 250 g/mol. The Hall–Kier alpha value is -0.270. The molecule has 1 aromatic rings. The molecule has 0 aromatic carbocycles. The van der Waals surface area contributed by atoms with Gasteiger partial charge in [0.25, 0.3) is 9.05 Å². The SMILES string of the molecule is O=S(=O)(Cl)c1cc(C(F)(F)F)cs1. The van der Waals surface area contributed by atoms with Crippen molar-refractivity contribution in [3.05, 3.63) is 17.0 Å². The van der Waals surface area contributed by atoms with Crippen LogP contribution < -0.4 is 0 Å². The molecule has 0 atom stereocenters. The van der Waals surface area contributed by atoms with Crippen molar-refractivity contribution in [1.29, 1.82) is 0 Å². The first-order chi connectivity index (χ1) is 5.71. The molecule has 0 unspecified atom stereocenters. The lowest BCUT2D eigenvalue weighted by Crippen LogP contribution is -2.02. The Balaban J connectivity index is 3.16. The van der Waals surface area contributed by atoms with Crippen molar-refractivity contribution in [3.63, 3.8) is 0 Å². The maximum atomic E-state index is 12.0. The molecule has 0 aliphatic heterocycles. The highest BCUT2D eigenvalue weighted by atomic mass is 35.7. The fraction of sp³-hybridized carbons (Fsp3) is 0.200. The summed E-state index contributed by atoms with van der Waals surface area (Å²) in [5, 5.41) is 0.704. The highest BCUT2D eigenvalue weighted by Gasteiger charge is 2.33. The highest BCUT2D eigenvalue weighted by molar-refractivity contribution is 8.15. The van der Waals surface area contributed by atoms with E-state index in [0.717, 1.165) is 0 Å². The quantitative estimate of drug-likeness (QED) is 0.718. The van der Waals surface area contributed by atoms with Crippen LogP contribution in [0.2, 0.25) is 0 Å². The van der Waals surface area contributed by atoms with Crippen molar-refractivity contribution in [2.24, 2.45) is 0 Å². The van der Waals surface area contributed by atoms with Crippen LogP contribution in [0.1, 0.15) is 5.56 Å². The van der Waals surface area contributed by atoms with Gasteiger partial charge in [0.2, 0.25) is 0 Å². The van der Waals surface area contributed by atoms with Gasteiger partial charge in [-0.2, -0.15) is 13.2 Å². The van der Waals surface area contributed by atoms with Crippen LogP contribution in [0.4, 0.5) is 13.2 Å². The molecule has 0 spiro atoms. The average molecular weight is 251 g/mol. The lowest BCUT2D eigenvalue weighted by atomic mass is 10.3. The summed E-state index contributed by atoms with van der Waals surface area (Å²) in [6.45, 7) is 0. The zero-order chi connectivity index (χ0) is 10.3. The maximum absolute atomic E-state index is 12.0. The molecular formula is C5H2ClF3O2S2. The molecule has 0 bridgehead atoms. The topological polar surface area (TPSA) is 34.1 Å². The molecule has 1 aromatic heterocycles. The Kier molecular flexibility index (Phi) is 2.61. The molecule has 1 heterocycles. The number of halogens is 4. The Bertz CT molecular complexity index is 406. The van der Waals surface area contributed by atoms with E-state index in [-0.39, 0.29) is 0 Å². The van der Waals surface area contributed by atoms with Crippen molar-refractivity contribution < 1.29 is 21.6 Å². The highest BCUT2D eigenvalue weighted by Crippen LogP contribution is 2.34. The summed E-state index contributed by atoms with van der Waals surface area (Å²) in [6.07, 6.45) is -4.53. The van der Waals surface area contributed by atoms with E-state index in [4.69, 9.17) is 10.7 Å². The molecule has 8 heteroatoms. The minimum absolute atomic E-state index is 0.443. The number of rotatable bonds is 1. The summed E-state index contributed by atoms with van der Waals surface area (Å²) in [6, 6.07) is 0.507. The van der Waals surface area contributed by atoms with Crippen molar-refractivity contribution in [3.8, 4) is 0 Å². The van der Waals surface area contributed by atoms with Crippen LogP contribution in [0, 0.1) is 0 Å². The van der Waals surface area contributed by atoms with Crippen LogP contribution in [0.3, 0.4) is 0 Å². The molecule has 13 heavy (non-hydrogen) atoms. The lowest BCUT2D eigenvalue weighted by Gasteiger charge is -2.00. The summed E-state index contributed by atoms with van der Waals surface area (Å²) in [5.41, 5.74) is -1.00. The molecule has 2 nitrogen and oxygen atoms in total. The molecule has 74 valence electrons. The Labute approximate surface area is 80.4 Å². The van der Waals surface area contributed by atoms with Crippen molar-refractivity contribution in [2.45, 2.75) is 10.4 Å². The van der Waals surface area contributed by atoms with Crippen LogP contribution in [0.15, 0.2) is 15.7 Å². The molecule has 0 saturated heterocycles. The fourth-order valence-electron chi connectivity index (χ4n) is 0.593. The third kappa shape index (κ3) is 2.58. The van der Waals surface area contributed by atoms with Gasteiger partial charge in [-0.15, -0.1) is 11.3 Å². The molecular weight excluding hydrogens is 249 g/mol. The van der Waals surface area contributed by atoms with Gasteiger partial charge >= 0.3 is 6.18 Å². The largest absolute Gasteiger partial charge is 0.417 e. The van der Waals surface area contributed by atoms with Crippen molar-refractivity contribution >= 4 is 31.1 Å². The maximum Gasteiger partial charge on any atom is 0.417 e. The van der Waals surface area contributed by atoms with Gasteiger partial charge in [-0.05, 0) is 6.07 Å². The summed E-state index contributed by atoms with van der Waals surface area (Å²) >= 11 is 0.443. The Morgan fingerprint density at radius 3 is 2.15 bits per heavy atom. The van der Waals surface area contributed by atoms with E-state index >= 15 is 0 Å². The van der Waals surface area contributed by atoms with Gasteiger partial charge in [0.1, 0.15) is 4.21 Å². The summed E-state index contributed by atoms with van der Waals surface area (Å²) < 4.78 is 56.5. The standard InChI is InChI=1S/C5H2ClF3O2S2/c6-13(10,11)4-1-3(2-12-4)5(7,8)9/h1-2H. The second-order valence-electron chi connectivity index (χ2n) is 2.09. The van der Waals surface area contributed by atoms with E-state index in [1.54, 1.807) is 0 Å². The third-order valence-corrected chi connectivity index (χ3v) is 4.18. The Morgan fingerprint density at radius 1 is 1.38 bits per heavy atom. The Morgan fingerprint density at radius 2 is 1.92 bits per heavy atom. The molecule has 0 aliphatic carbocycles. The van der Waals surface area contributed by atoms with E-state index in [9.17, 15) is 21.6 Å². The molecule has 0 saturated carbocycles. The molecule has 0 amide bonds. The minimum atomic E-state index is -4.53. The predicted molar refractivity (Wildman–Crippen MR) is 42.4 cm³/mol. The van der Waals surface area contributed by atoms with Gasteiger partial charge in [-0.1, -0.05) is 0 Å².